The van der Waals surface area contributed by atoms with Crippen molar-refractivity contribution in [2.45, 2.75) is 167 Å². The summed E-state index contributed by atoms with van der Waals surface area (Å²) in [6.07, 6.45) is 38.1. The van der Waals surface area contributed by atoms with Crippen molar-refractivity contribution in [3.05, 3.63) is 60.8 Å². The van der Waals surface area contributed by atoms with Crippen LogP contribution in [-0.4, -0.2) is 71.1 Å². The van der Waals surface area contributed by atoms with E-state index >= 15 is 0 Å². The number of esters is 2. The molecule has 0 aliphatic rings. The van der Waals surface area contributed by atoms with Gasteiger partial charge in [-0.25, -0.2) is 4.57 Å². The van der Waals surface area contributed by atoms with Crippen LogP contribution in [0.1, 0.15) is 149 Å². The minimum Gasteiger partial charge on any atom is -0.480 e. The van der Waals surface area contributed by atoms with Gasteiger partial charge in [0.2, 0.25) is 0 Å². The number of unbranched alkanes of at least 4 members (excludes halogenated alkanes) is 10. The van der Waals surface area contributed by atoms with Gasteiger partial charge in [-0.2, -0.15) is 0 Å². The molecule has 0 heterocycles. The van der Waals surface area contributed by atoms with E-state index < -0.39 is 51.1 Å². The number of phosphoric acid groups is 1. The molecule has 5 N–H and O–H groups in total. The van der Waals surface area contributed by atoms with Crippen LogP contribution in [0.25, 0.3) is 0 Å². The Morgan fingerprint density at radius 2 is 1.13 bits per heavy atom. The van der Waals surface area contributed by atoms with Gasteiger partial charge >= 0.3 is 25.7 Å². The third kappa shape index (κ3) is 36.5. The van der Waals surface area contributed by atoms with Gasteiger partial charge in [0, 0.05) is 12.8 Å². The molecule has 0 aromatic rings. The highest BCUT2D eigenvalue weighted by molar-refractivity contribution is 7.47. The van der Waals surface area contributed by atoms with Crippen molar-refractivity contribution in [2.24, 2.45) is 5.73 Å². The molecule has 0 fully saturated rings. The number of aliphatic hydroxyl groups is 1. The van der Waals surface area contributed by atoms with Crippen LogP contribution in [0.15, 0.2) is 60.8 Å². The summed E-state index contributed by atoms with van der Waals surface area (Å²) in [4.78, 5) is 45.8. The number of hydrogen-bond donors (Lipinski definition) is 4. The Morgan fingerprint density at radius 3 is 1.73 bits per heavy atom. The average Bonchev–Trinajstić information content (AvgIpc) is 3.16. The van der Waals surface area contributed by atoms with Gasteiger partial charge in [-0.3, -0.25) is 23.4 Å². The van der Waals surface area contributed by atoms with Gasteiger partial charge in [-0.1, -0.05) is 113 Å². The summed E-state index contributed by atoms with van der Waals surface area (Å²) >= 11 is 0. The van der Waals surface area contributed by atoms with Crippen LogP contribution < -0.4 is 5.73 Å². The fourth-order valence-corrected chi connectivity index (χ4v) is 5.75. The number of carboxylic acid groups (broad SMARTS) is 1. The van der Waals surface area contributed by atoms with E-state index in [-0.39, 0.29) is 25.6 Å². The van der Waals surface area contributed by atoms with Gasteiger partial charge in [0.05, 0.1) is 19.3 Å². The van der Waals surface area contributed by atoms with Gasteiger partial charge in [-0.15, -0.1) is 0 Å². The van der Waals surface area contributed by atoms with Crippen LogP contribution in [0, 0.1) is 0 Å². The summed E-state index contributed by atoms with van der Waals surface area (Å²) in [6, 6.07) is -1.54. The monoisotopic (exact) mass is 797 g/mol. The Bertz CT molecular complexity index is 1180. The summed E-state index contributed by atoms with van der Waals surface area (Å²) in [6.45, 7) is 2.41. The zero-order valence-corrected chi connectivity index (χ0v) is 34.5. The second kappa shape index (κ2) is 36.8. The molecule has 0 amide bonds. The normalized spacial score (nSPS) is 15.0. The number of carbonyl (C=O) groups excluding carboxylic acids is 2. The standard InChI is InChI=1S/C42H72NO11P/c1-3-5-6-7-8-9-10-13-17-20-23-26-29-32-40(45)51-34-38(35-52-55(49,50)53-36-39(43)42(47)48)54-41(46)33-30-27-24-21-18-15-12-11-14-16-19-22-25-28-31-37(44)4-2/h9-10,12,14-16,21-22,24-25,37-39,44H,3-8,11,13,17-20,23,26-36,43H2,1-2H3,(H,47,48)(H,49,50)/b10-9-,15-12-,16-14-,24-21-,25-22-/t37-,38-,39+/m1/s1. The second-order valence-electron chi connectivity index (χ2n) is 13.6. The number of rotatable bonds is 37. The van der Waals surface area contributed by atoms with Crippen molar-refractivity contribution < 1.29 is 52.6 Å². The van der Waals surface area contributed by atoms with E-state index in [1.165, 1.54) is 25.7 Å². The maximum Gasteiger partial charge on any atom is 0.472 e. The fraction of sp³-hybridized carbons (Fsp3) is 0.690. The van der Waals surface area contributed by atoms with Crippen LogP contribution in [-0.2, 0) is 37.5 Å². The van der Waals surface area contributed by atoms with Gasteiger partial charge in [0.15, 0.2) is 6.10 Å². The quantitative estimate of drug-likeness (QED) is 0.0202. The lowest BCUT2D eigenvalue weighted by Gasteiger charge is -2.20. The molecule has 0 aliphatic heterocycles. The van der Waals surface area contributed by atoms with Crippen LogP contribution >= 0.6 is 7.82 Å². The molecule has 12 nitrogen and oxygen atoms in total. The lowest BCUT2D eigenvalue weighted by molar-refractivity contribution is -0.161. The van der Waals surface area contributed by atoms with Crippen molar-refractivity contribution in [3.63, 3.8) is 0 Å². The molecule has 0 aliphatic carbocycles. The molecule has 0 bridgehead atoms. The maximum absolute atomic E-state index is 12.6. The van der Waals surface area contributed by atoms with Crippen molar-refractivity contribution in [1.82, 2.24) is 0 Å². The number of carbonyl (C=O) groups is 3. The Kier molecular flexibility index (Phi) is 34.8. The lowest BCUT2D eigenvalue weighted by Crippen LogP contribution is -2.34. The third-order valence-corrected chi connectivity index (χ3v) is 9.35. The van der Waals surface area contributed by atoms with Crippen LogP contribution in [0.4, 0.5) is 0 Å². The molecular weight excluding hydrogens is 725 g/mol. The SMILES string of the molecule is CCCCCC/C=C\CCCCCCCC(=O)OC[C@H](COP(=O)(O)OC[C@H](N)C(=O)O)OC(=O)CCC/C=C\C/C=C\C/C=C\C/C=C\CC[C@H](O)CC. The Morgan fingerprint density at radius 1 is 0.636 bits per heavy atom. The highest BCUT2D eigenvalue weighted by atomic mass is 31.2. The molecule has 0 spiro atoms. The van der Waals surface area contributed by atoms with Gasteiger partial charge in [0.1, 0.15) is 12.6 Å². The second-order valence-corrected chi connectivity index (χ2v) is 15.0. The van der Waals surface area contributed by atoms with Crippen molar-refractivity contribution in [2.75, 3.05) is 19.8 Å². The average molecular weight is 798 g/mol. The summed E-state index contributed by atoms with van der Waals surface area (Å²) in [5.41, 5.74) is 5.31. The molecule has 316 valence electrons. The number of aliphatic carboxylic acids is 1. The van der Waals surface area contributed by atoms with Crippen LogP contribution in [0.3, 0.4) is 0 Å². The fourth-order valence-electron chi connectivity index (χ4n) is 4.97. The molecule has 13 heteroatoms. The predicted octanol–water partition coefficient (Wildman–Crippen LogP) is 9.36. The molecule has 55 heavy (non-hydrogen) atoms. The number of carboxylic acids is 1. The zero-order valence-electron chi connectivity index (χ0n) is 33.6. The first-order chi connectivity index (χ1) is 26.5. The molecule has 4 atom stereocenters. The van der Waals surface area contributed by atoms with Crippen molar-refractivity contribution >= 4 is 25.7 Å². The summed E-state index contributed by atoms with van der Waals surface area (Å²) in [5, 5.41) is 18.4. The first kappa shape index (κ1) is 52.1. The van der Waals surface area contributed by atoms with Crippen molar-refractivity contribution in [1.29, 1.82) is 0 Å². The molecule has 0 rings (SSSR count). The number of allylic oxidation sites excluding steroid dienone is 10. The van der Waals surface area contributed by atoms with E-state index in [2.05, 4.69) is 60.1 Å². The minimum atomic E-state index is -4.74. The number of hydrogen-bond acceptors (Lipinski definition) is 10. The number of phosphoric ester groups is 1. The van der Waals surface area contributed by atoms with Crippen molar-refractivity contribution in [3.8, 4) is 0 Å². The Labute approximate surface area is 330 Å². The third-order valence-electron chi connectivity index (χ3n) is 8.40. The molecule has 0 saturated heterocycles. The predicted molar refractivity (Wildman–Crippen MR) is 218 cm³/mol. The van der Waals surface area contributed by atoms with Gasteiger partial charge in [0.25, 0.3) is 0 Å². The topological polar surface area (TPSA) is 192 Å². The van der Waals surface area contributed by atoms with E-state index in [1.54, 1.807) is 0 Å². The largest absolute Gasteiger partial charge is 0.480 e. The van der Waals surface area contributed by atoms with E-state index in [1.807, 2.05) is 19.1 Å². The Hall–Kier alpha value is -2.86. The zero-order chi connectivity index (χ0) is 40.8. The molecule has 0 saturated carbocycles. The highest BCUT2D eigenvalue weighted by Gasteiger charge is 2.28. The van der Waals surface area contributed by atoms with Crippen LogP contribution in [0.2, 0.25) is 0 Å². The lowest BCUT2D eigenvalue weighted by atomic mass is 10.1. The molecule has 0 aromatic carbocycles. The van der Waals surface area contributed by atoms with Crippen LogP contribution in [0.5, 0.6) is 0 Å². The van der Waals surface area contributed by atoms with Gasteiger partial charge in [-0.05, 0) is 83.5 Å². The first-order valence-electron chi connectivity index (χ1n) is 20.4. The van der Waals surface area contributed by atoms with E-state index in [4.69, 9.17) is 24.8 Å². The molecule has 1 unspecified atom stereocenters. The summed E-state index contributed by atoms with van der Waals surface area (Å²) in [5.74, 6) is -2.49. The first-order valence-corrected chi connectivity index (χ1v) is 21.9. The van der Waals surface area contributed by atoms with E-state index in [0.29, 0.717) is 19.3 Å². The molecule has 0 radical (unpaired) electrons. The highest BCUT2D eigenvalue weighted by Crippen LogP contribution is 2.43. The molecule has 0 aromatic heterocycles. The van der Waals surface area contributed by atoms with Gasteiger partial charge < -0.3 is 30.3 Å². The number of aliphatic hydroxyl groups excluding tert-OH is 1. The Balaban J connectivity index is 4.54. The van der Waals surface area contributed by atoms with E-state index in [0.717, 1.165) is 77.0 Å². The number of ether oxygens (including phenoxy) is 2. The molecular formula is C42H72NO11P. The minimum absolute atomic E-state index is 0.0680. The summed E-state index contributed by atoms with van der Waals surface area (Å²) in [7, 11) is -4.74. The van der Waals surface area contributed by atoms with E-state index in [9.17, 15) is 28.9 Å². The maximum atomic E-state index is 12.6. The summed E-state index contributed by atoms with van der Waals surface area (Å²) < 4.78 is 32.5. The smallest absolute Gasteiger partial charge is 0.472 e. The number of nitrogens with two attached hydrogens (primary N) is 1.